The van der Waals surface area contributed by atoms with E-state index in [2.05, 4.69) is 10.1 Å². The maximum atomic E-state index is 12.0. The molecule has 130 valence electrons. The van der Waals surface area contributed by atoms with Gasteiger partial charge in [0, 0.05) is 17.9 Å². The molecule has 0 radical (unpaired) electrons. The van der Waals surface area contributed by atoms with E-state index in [1.54, 1.807) is 23.1 Å². The van der Waals surface area contributed by atoms with Gasteiger partial charge in [-0.3, -0.25) is 14.4 Å². The van der Waals surface area contributed by atoms with E-state index in [1.807, 2.05) is 6.92 Å². The van der Waals surface area contributed by atoms with Crippen molar-refractivity contribution in [2.75, 3.05) is 37.1 Å². The van der Waals surface area contributed by atoms with Gasteiger partial charge in [0.25, 0.3) is 5.91 Å². The number of benzene rings is 1. The third-order valence-corrected chi connectivity index (χ3v) is 3.69. The lowest BCUT2D eigenvalue weighted by Gasteiger charge is -2.28. The zero-order chi connectivity index (χ0) is 17.7. The first-order valence-corrected chi connectivity index (χ1v) is 7.54. The number of carbonyl (C=O) groups is 3. The molecule has 1 fully saturated rings. The molecule has 3 N–H and O–H groups in total. The van der Waals surface area contributed by atoms with E-state index in [0.717, 1.165) is 11.3 Å². The van der Waals surface area contributed by atoms with Crippen molar-refractivity contribution in [1.29, 1.82) is 0 Å². The lowest BCUT2D eigenvalue weighted by atomic mass is 10.1. The van der Waals surface area contributed by atoms with Gasteiger partial charge in [-0.25, -0.2) is 0 Å². The lowest BCUT2D eigenvalue weighted by Crippen LogP contribution is -2.42. The molecular weight excluding hydrogens is 314 g/mol. The van der Waals surface area contributed by atoms with Crippen LogP contribution in [0, 0.1) is 6.92 Å². The van der Waals surface area contributed by atoms with Crippen LogP contribution in [0.5, 0.6) is 0 Å². The predicted molar refractivity (Wildman–Crippen MR) is 87.6 cm³/mol. The second-order valence-corrected chi connectivity index (χ2v) is 5.48. The average Bonchev–Trinajstić information content (AvgIpc) is 2.55. The Balaban J connectivity index is 2.05. The highest BCUT2D eigenvalue weighted by Gasteiger charge is 2.22. The van der Waals surface area contributed by atoms with E-state index in [0.29, 0.717) is 18.8 Å². The van der Waals surface area contributed by atoms with Crippen molar-refractivity contribution < 1.29 is 23.9 Å². The Hall–Kier alpha value is -2.45. The molecule has 0 aromatic heterocycles. The van der Waals surface area contributed by atoms with Crippen LogP contribution in [0.3, 0.4) is 0 Å². The van der Waals surface area contributed by atoms with Crippen molar-refractivity contribution in [3.05, 3.63) is 23.8 Å². The normalized spacial score (nSPS) is 15.8. The molecule has 0 bridgehead atoms. The number of ether oxygens (including phenoxy) is 2. The summed E-state index contributed by atoms with van der Waals surface area (Å²) >= 11 is 0. The number of hydrogen-bond donors (Lipinski definition) is 2. The van der Waals surface area contributed by atoms with E-state index in [1.165, 1.54) is 7.11 Å². The number of amides is 2. The van der Waals surface area contributed by atoms with Crippen LogP contribution in [0.2, 0.25) is 0 Å². The second-order valence-electron chi connectivity index (χ2n) is 5.48. The molecule has 8 heteroatoms. The lowest BCUT2D eigenvalue weighted by molar-refractivity contribution is -0.142. The zero-order valence-corrected chi connectivity index (χ0v) is 13.7. The van der Waals surface area contributed by atoms with Gasteiger partial charge in [-0.1, -0.05) is 0 Å². The molecule has 0 aliphatic carbocycles. The maximum absolute atomic E-state index is 12.0. The van der Waals surface area contributed by atoms with Gasteiger partial charge in [-0.15, -0.1) is 0 Å². The molecule has 1 saturated heterocycles. The molecule has 1 heterocycles. The van der Waals surface area contributed by atoms with Crippen LogP contribution < -0.4 is 16.0 Å². The van der Waals surface area contributed by atoms with Crippen LogP contribution >= 0.6 is 0 Å². The number of carbonyl (C=O) groups excluding carboxylic acids is 3. The predicted octanol–water partition coefficient (Wildman–Crippen LogP) is 0.187. The minimum Gasteiger partial charge on any atom is -0.469 e. The third kappa shape index (κ3) is 4.30. The van der Waals surface area contributed by atoms with E-state index in [4.69, 9.17) is 10.5 Å². The highest BCUT2D eigenvalue weighted by atomic mass is 16.5. The number of nitrogens with two attached hydrogens (primary N) is 1. The molecule has 2 amide bonds. The first kappa shape index (κ1) is 17.9. The molecule has 1 unspecified atom stereocenters. The van der Waals surface area contributed by atoms with Gasteiger partial charge in [0.2, 0.25) is 5.91 Å². The van der Waals surface area contributed by atoms with Crippen molar-refractivity contribution in [3.8, 4) is 0 Å². The number of rotatable bonds is 5. The molecule has 1 aromatic carbocycles. The number of esters is 1. The summed E-state index contributed by atoms with van der Waals surface area (Å²) in [5, 5.41) is 2.65. The molecule has 1 aromatic rings. The Labute approximate surface area is 139 Å². The zero-order valence-electron chi connectivity index (χ0n) is 13.7. The average molecular weight is 335 g/mol. The third-order valence-electron chi connectivity index (χ3n) is 3.69. The van der Waals surface area contributed by atoms with Crippen LogP contribution in [0.15, 0.2) is 18.2 Å². The Morgan fingerprint density at radius 2 is 2.21 bits per heavy atom. The van der Waals surface area contributed by atoms with Gasteiger partial charge >= 0.3 is 5.97 Å². The summed E-state index contributed by atoms with van der Waals surface area (Å²) in [6.45, 7) is 2.91. The Bertz CT molecular complexity index is 647. The fourth-order valence-corrected chi connectivity index (χ4v) is 2.40. The van der Waals surface area contributed by atoms with Crippen LogP contribution in [0.4, 0.5) is 11.4 Å². The molecule has 24 heavy (non-hydrogen) atoms. The number of nitrogens with zero attached hydrogens (tertiary/aromatic N) is 1. The standard InChI is InChI=1S/C16H21N3O5/c1-10-7-11(18-16(22)12(17)8-15(21)23-2)3-4-13(10)19-5-6-24-9-14(19)20/h3-4,7,12H,5-6,8-9,17H2,1-2H3,(H,18,22). The van der Waals surface area contributed by atoms with E-state index >= 15 is 0 Å². The molecule has 8 nitrogen and oxygen atoms in total. The number of morpholine rings is 1. The SMILES string of the molecule is COC(=O)CC(N)C(=O)Nc1ccc(N2CCOCC2=O)c(C)c1. The van der Waals surface area contributed by atoms with Gasteiger partial charge in [-0.2, -0.15) is 0 Å². The molecule has 1 aliphatic heterocycles. The second kappa shape index (κ2) is 7.89. The fraction of sp³-hybridized carbons (Fsp3) is 0.438. The van der Waals surface area contributed by atoms with Crippen LogP contribution in [0.25, 0.3) is 0 Å². The maximum Gasteiger partial charge on any atom is 0.307 e. The van der Waals surface area contributed by atoms with Crippen LogP contribution in [-0.2, 0) is 23.9 Å². The number of methoxy groups -OCH3 is 1. The quantitative estimate of drug-likeness (QED) is 0.743. The minimum absolute atomic E-state index is 0.0698. The van der Waals surface area contributed by atoms with Crippen molar-refractivity contribution in [2.45, 2.75) is 19.4 Å². The van der Waals surface area contributed by atoms with E-state index in [9.17, 15) is 14.4 Å². The van der Waals surface area contributed by atoms with Gasteiger partial charge in [0.15, 0.2) is 0 Å². The Kier molecular flexibility index (Phi) is 5.88. The largest absolute Gasteiger partial charge is 0.469 e. The number of anilines is 2. The van der Waals surface area contributed by atoms with Crippen molar-refractivity contribution in [3.63, 3.8) is 0 Å². The number of aryl methyl sites for hydroxylation is 1. The smallest absolute Gasteiger partial charge is 0.307 e. The van der Waals surface area contributed by atoms with E-state index in [-0.39, 0.29) is 18.9 Å². The minimum atomic E-state index is -0.988. The highest BCUT2D eigenvalue weighted by molar-refractivity contribution is 5.98. The number of hydrogen-bond acceptors (Lipinski definition) is 6. The van der Waals surface area contributed by atoms with E-state index < -0.39 is 17.9 Å². The van der Waals surface area contributed by atoms with Crippen molar-refractivity contribution in [1.82, 2.24) is 0 Å². The summed E-state index contributed by atoms with van der Waals surface area (Å²) in [4.78, 5) is 36.7. The summed E-state index contributed by atoms with van der Waals surface area (Å²) in [5.74, 6) is -1.12. The fourth-order valence-electron chi connectivity index (χ4n) is 2.40. The van der Waals surface area contributed by atoms with Crippen LogP contribution in [-0.4, -0.2) is 50.7 Å². The first-order chi connectivity index (χ1) is 11.4. The summed E-state index contributed by atoms with van der Waals surface area (Å²) in [5.41, 5.74) is 7.82. The summed E-state index contributed by atoms with van der Waals surface area (Å²) in [6, 6.07) is 4.22. The van der Waals surface area contributed by atoms with Gasteiger partial charge < -0.3 is 25.4 Å². The molecule has 1 aliphatic rings. The Morgan fingerprint density at radius 3 is 2.83 bits per heavy atom. The topological polar surface area (TPSA) is 111 Å². The molecule has 2 rings (SSSR count). The van der Waals surface area contributed by atoms with Gasteiger partial charge in [0.05, 0.1) is 26.2 Å². The molecular formula is C16H21N3O5. The highest BCUT2D eigenvalue weighted by Crippen LogP contribution is 2.25. The molecule has 1 atom stereocenters. The van der Waals surface area contributed by atoms with Crippen molar-refractivity contribution >= 4 is 29.2 Å². The summed E-state index contributed by atoms with van der Waals surface area (Å²) in [6.07, 6.45) is -0.193. The Morgan fingerprint density at radius 1 is 1.46 bits per heavy atom. The van der Waals surface area contributed by atoms with Crippen molar-refractivity contribution in [2.24, 2.45) is 5.73 Å². The summed E-state index contributed by atoms with van der Waals surface area (Å²) < 4.78 is 9.60. The van der Waals surface area contributed by atoms with Gasteiger partial charge in [0.1, 0.15) is 6.61 Å². The molecule has 0 saturated carbocycles. The molecule has 0 spiro atoms. The monoisotopic (exact) mass is 335 g/mol. The first-order valence-electron chi connectivity index (χ1n) is 7.54. The van der Waals surface area contributed by atoms with Crippen LogP contribution in [0.1, 0.15) is 12.0 Å². The number of nitrogens with one attached hydrogen (secondary N) is 1. The van der Waals surface area contributed by atoms with Gasteiger partial charge in [-0.05, 0) is 30.7 Å². The summed E-state index contributed by atoms with van der Waals surface area (Å²) in [7, 11) is 1.24.